The van der Waals surface area contributed by atoms with Gasteiger partial charge in [0, 0.05) is 31.4 Å². The Bertz CT molecular complexity index is 816. The van der Waals surface area contributed by atoms with Crippen molar-refractivity contribution >= 4 is 11.6 Å². The summed E-state index contributed by atoms with van der Waals surface area (Å²) in [6.45, 7) is 1.52. The zero-order chi connectivity index (χ0) is 18.2. The molecule has 0 atom stereocenters. The highest BCUT2D eigenvalue weighted by molar-refractivity contribution is 5.78. The predicted molar refractivity (Wildman–Crippen MR) is 103 cm³/mol. The minimum atomic E-state index is -0.0414. The highest BCUT2D eigenvalue weighted by atomic mass is 16.3. The molecule has 0 saturated heterocycles. The van der Waals surface area contributed by atoms with E-state index in [4.69, 9.17) is 4.42 Å². The van der Waals surface area contributed by atoms with Crippen LogP contribution in [0.15, 0.2) is 71.3 Å². The van der Waals surface area contributed by atoms with E-state index in [1.807, 2.05) is 48.5 Å². The van der Waals surface area contributed by atoms with E-state index in [9.17, 15) is 4.79 Å². The van der Waals surface area contributed by atoms with Gasteiger partial charge < -0.3 is 14.6 Å². The van der Waals surface area contributed by atoms with Crippen molar-refractivity contribution in [1.82, 2.24) is 10.3 Å². The first-order valence-electron chi connectivity index (χ1n) is 8.75. The van der Waals surface area contributed by atoms with Gasteiger partial charge in [-0.1, -0.05) is 36.4 Å². The second-order valence-corrected chi connectivity index (χ2v) is 6.15. The third-order valence-electron chi connectivity index (χ3n) is 4.10. The molecule has 5 nitrogen and oxygen atoms in total. The van der Waals surface area contributed by atoms with Gasteiger partial charge in [0.05, 0.1) is 12.1 Å². The van der Waals surface area contributed by atoms with Crippen LogP contribution in [-0.2, 0) is 11.2 Å². The van der Waals surface area contributed by atoms with E-state index in [0.29, 0.717) is 18.1 Å². The summed E-state index contributed by atoms with van der Waals surface area (Å²) in [6.07, 6.45) is 2.65. The summed E-state index contributed by atoms with van der Waals surface area (Å²) in [5.74, 6) is 0.498. The molecule has 0 bridgehead atoms. The molecule has 26 heavy (non-hydrogen) atoms. The fraction of sp³-hybridized carbons (Fsp3) is 0.238. The van der Waals surface area contributed by atoms with E-state index in [1.54, 1.807) is 6.26 Å². The maximum atomic E-state index is 12.1. The first-order valence-corrected chi connectivity index (χ1v) is 8.75. The second-order valence-electron chi connectivity index (χ2n) is 6.15. The number of hydrogen-bond acceptors (Lipinski definition) is 4. The smallest absolute Gasteiger partial charge is 0.226 e. The van der Waals surface area contributed by atoms with Gasteiger partial charge in [-0.15, -0.1) is 0 Å². The summed E-state index contributed by atoms with van der Waals surface area (Å²) >= 11 is 0. The summed E-state index contributed by atoms with van der Waals surface area (Å²) in [6, 6.07) is 19.9. The van der Waals surface area contributed by atoms with E-state index in [-0.39, 0.29) is 12.3 Å². The lowest BCUT2D eigenvalue weighted by Gasteiger charge is -2.19. The van der Waals surface area contributed by atoms with Gasteiger partial charge >= 0.3 is 0 Å². The van der Waals surface area contributed by atoms with Crippen LogP contribution in [-0.4, -0.2) is 31.0 Å². The molecule has 0 saturated carbocycles. The molecule has 2 aromatic carbocycles. The number of benzene rings is 2. The average Bonchev–Trinajstić information content (AvgIpc) is 3.15. The van der Waals surface area contributed by atoms with E-state index in [2.05, 4.69) is 34.4 Å². The molecule has 0 radical (unpaired) electrons. The Hall–Kier alpha value is -3.08. The molecule has 1 aromatic heterocycles. The maximum absolute atomic E-state index is 12.1. The third kappa shape index (κ3) is 4.96. The van der Waals surface area contributed by atoms with Crippen molar-refractivity contribution in [2.24, 2.45) is 0 Å². The molecule has 1 amide bonds. The maximum Gasteiger partial charge on any atom is 0.226 e. The number of nitrogens with one attached hydrogen (secondary N) is 1. The van der Waals surface area contributed by atoms with Crippen LogP contribution in [0.2, 0.25) is 0 Å². The standard InChI is InChI=1S/C21H23N3O2/c1-24(19-11-6-3-7-12-19)14-8-13-22-20(25)15-18-16-26-21(23-18)17-9-4-2-5-10-17/h2-7,9-12,16H,8,13-15H2,1H3,(H,22,25). The van der Waals surface area contributed by atoms with Gasteiger partial charge in [-0.2, -0.15) is 0 Å². The fourth-order valence-electron chi connectivity index (χ4n) is 2.68. The van der Waals surface area contributed by atoms with Crippen LogP contribution < -0.4 is 10.2 Å². The monoisotopic (exact) mass is 349 g/mol. The van der Waals surface area contributed by atoms with Crippen LogP contribution in [0, 0.1) is 0 Å². The number of nitrogens with zero attached hydrogens (tertiary/aromatic N) is 2. The first-order chi connectivity index (χ1) is 12.7. The van der Waals surface area contributed by atoms with Crippen LogP contribution in [0.25, 0.3) is 11.5 Å². The van der Waals surface area contributed by atoms with Crippen LogP contribution in [0.1, 0.15) is 12.1 Å². The Balaban J connectivity index is 1.40. The Morgan fingerprint density at radius 3 is 2.50 bits per heavy atom. The number of aromatic nitrogens is 1. The van der Waals surface area contributed by atoms with Crippen LogP contribution in [0.3, 0.4) is 0 Å². The van der Waals surface area contributed by atoms with Crippen molar-refractivity contribution in [2.75, 3.05) is 25.0 Å². The molecule has 0 aliphatic carbocycles. The van der Waals surface area contributed by atoms with Crippen molar-refractivity contribution in [3.63, 3.8) is 0 Å². The molecule has 0 aliphatic rings. The number of oxazole rings is 1. The van der Waals surface area contributed by atoms with E-state index >= 15 is 0 Å². The van der Waals surface area contributed by atoms with Crippen LogP contribution in [0.4, 0.5) is 5.69 Å². The summed E-state index contributed by atoms with van der Waals surface area (Å²) in [5, 5.41) is 2.94. The van der Waals surface area contributed by atoms with Gasteiger partial charge in [0.1, 0.15) is 6.26 Å². The molecule has 0 spiro atoms. The normalized spacial score (nSPS) is 10.5. The molecule has 0 aliphatic heterocycles. The number of amides is 1. The SMILES string of the molecule is CN(CCCNC(=O)Cc1coc(-c2ccccc2)n1)c1ccccc1. The number of rotatable bonds is 8. The zero-order valence-corrected chi connectivity index (χ0v) is 14.9. The lowest BCUT2D eigenvalue weighted by molar-refractivity contribution is -0.120. The fourth-order valence-corrected chi connectivity index (χ4v) is 2.68. The largest absolute Gasteiger partial charge is 0.444 e. The predicted octanol–water partition coefficient (Wildman–Crippen LogP) is 3.53. The molecular formula is C21H23N3O2. The minimum Gasteiger partial charge on any atom is -0.444 e. The van der Waals surface area contributed by atoms with Gasteiger partial charge in [-0.3, -0.25) is 4.79 Å². The second kappa shape index (κ2) is 8.85. The van der Waals surface area contributed by atoms with Crippen molar-refractivity contribution in [1.29, 1.82) is 0 Å². The van der Waals surface area contributed by atoms with E-state index in [0.717, 1.165) is 18.5 Å². The van der Waals surface area contributed by atoms with Crippen molar-refractivity contribution in [3.8, 4) is 11.5 Å². The molecule has 0 unspecified atom stereocenters. The van der Waals surface area contributed by atoms with Gasteiger partial charge in [0.15, 0.2) is 0 Å². The zero-order valence-electron chi connectivity index (χ0n) is 14.9. The number of carbonyl (C=O) groups excluding carboxylic acids is 1. The number of para-hydroxylation sites is 1. The minimum absolute atomic E-state index is 0.0414. The summed E-state index contributed by atoms with van der Waals surface area (Å²) < 4.78 is 5.46. The molecular weight excluding hydrogens is 326 g/mol. The number of hydrogen-bond donors (Lipinski definition) is 1. The summed E-state index contributed by atoms with van der Waals surface area (Å²) in [5.41, 5.74) is 2.72. The highest BCUT2D eigenvalue weighted by Gasteiger charge is 2.10. The molecule has 5 heteroatoms. The van der Waals surface area contributed by atoms with Gasteiger partial charge in [0.2, 0.25) is 11.8 Å². The third-order valence-corrected chi connectivity index (χ3v) is 4.10. The quantitative estimate of drug-likeness (QED) is 0.632. The Morgan fingerprint density at radius 2 is 1.77 bits per heavy atom. The highest BCUT2D eigenvalue weighted by Crippen LogP contribution is 2.18. The molecule has 1 N–H and O–H groups in total. The Labute approximate surface area is 153 Å². The number of carbonyl (C=O) groups is 1. The van der Waals surface area contributed by atoms with Gasteiger partial charge in [0.25, 0.3) is 0 Å². The van der Waals surface area contributed by atoms with E-state index < -0.39 is 0 Å². The topological polar surface area (TPSA) is 58.4 Å². The molecule has 0 fully saturated rings. The summed E-state index contributed by atoms with van der Waals surface area (Å²) in [4.78, 5) is 18.6. The molecule has 3 rings (SSSR count). The number of anilines is 1. The van der Waals surface area contributed by atoms with Gasteiger partial charge in [-0.05, 0) is 30.7 Å². The first kappa shape index (κ1) is 17.7. The molecule has 134 valence electrons. The van der Waals surface area contributed by atoms with Gasteiger partial charge in [-0.25, -0.2) is 4.98 Å². The van der Waals surface area contributed by atoms with Crippen LogP contribution >= 0.6 is 0 Å². The Kier molecular flexibility index (Phi) is 6.04. The Morgan fingerprint density at radius 1 is 1.08 bits per heavy atom. The lowest BCUT2D eigenvalue weighted by atomic mass is 10.2. The van der Waals surface area contributed by atoms with Crippen LogP contribution in [0.5, 0.6) is 0 Å². The molecule has 1 heterocycles. The van der Waals surface area contributed by atoms with E-state index in [1.165, 1.54) is 5.69 Å². The average molecular weight is 349 g/mol. The lowest BCUT2D eigenvalue weighted by Crippen LogP contribution is -2.29. The van der Waals surface area contributed by atoms with Crippen molar-refractivity contribution in [2.45, 2.75) is 12.8 Å². The van der Waals surface area contributed by atoms with Crippen molar-refractivity contribution < 1.29 is 9.21 Å². The molecule has 3 aromatic rings. The van der Waals surface area contributed by atoms with Crippen molar-refractivity contribution in [3.05, 3.63) is 72.6 Å². The summed E-state index contributed by atoms with van der Waals surface area (Å²) in [7, 11) is 2.05.